The molecule has 2 N–H and O–H groups in total. The maximum absolute atomic E-state index is 10.8. The van der Waals surface area contributed by atoms with Crippen molar-refractivity contribution in [1.82, 2.24) is 0 Å². The standard InChI is InChI=1S/C10H12O5/c11-6-7-14-15-9(10(12)13)8-4-2-1-3-5-8/h1-5,9,11H,6-7H2,(H,12,13). The molecule has 0 heterocycles. The van der Waals surface area contributed by atoms with Crippen LogP contribution in [0.1, 0.15) is 11.7 Å². The Bertz CT molecular complexity index is 298. The molecule has 0 bridgehead atoms. The highest BCUT2D eigenvalue weighted by Crippen LogP contribution is 2.17. The number of hydrogen-bond donors (Lipinski definition) is 2. The summed E-state index contributed by atoms with van der Waals surface area (Å²) in [7, 11) is 0. The van der Waals surface area contributed by atoms with Crippen molar-refractivity contribution in [2.75, 3.05) is 13.2 Å². The SMILES string of the molecule is O=C(O)C(OOCCO)c1ccccc1. The van der Waals surface area contributed by atoms with Crippen molar-refractivity contribution in [1.29, 1.82) is 0 Å². The lowest BCUT2D eigenvalue weighted by Crippen LogP contribution is -2.16. The molecule has 0 saturated heterocycles. The Balaban J connectivity index is 2.62. The third-order valence-corrected chi connectivity index (χ3v) is 1.67. The molecule has 0 aromatic heterocycles. The predicted octanol–water partition coefficient (Wildman–Crippen LogP) is 0.753. The Labute approximate surface area is 86.8 Å². The molecule has 5 nitrogen and oxygen atoms in total. The highest BCUT2D eigenvalue weighted by atomic mass is 17.2. The third-order valence-electron chi connectivity index (χ3n) is 1.67. The van der Waals surface area contributed by atoms with Gasteiger partial charge < -0.3 is 10.2 Å². The Kier molecular flexibility index (Phi) is 4.76. The summed E-state index contributed by atoms with van der Waals surface area (Å²) in [6.07, 6.45) is -1.17. The van der Waals surface area contributed by atoms with Gasteiger partial charge in [-0.25, -0.2) is 14.6 Å². The number of aliphatic hydroxyl groups is 1. The lowest BCUT2D eigenvalue weighted by Gasteiger charge is -2.11. The normalized spacial score (nSPS) is 12.3. The summed E-state index contributed by atoms with van der Waals surface area (Å²) in [6.45, 7) is -0.280. The summed E-state index contributed by atoms with van der Waals surface area (Å²) < 4.78 is 0. The van der Waals surface area contributed by atoms with E-state index < -0.39 is 12.1 Å². The highest BCUT2D eigenvalue weighted by molar-refractivity contribution is 5.74. The van der Waals surface area contributed by atoms with Crippen LogP contribution in [0.15, 0.2) is 30.3 Å². The number of carboxylic acids is 1. The van der Waals surface area contributed by atoms with Gasteiger partial charge in [0.05, 0.1) is 6.61 Å². The minimum atomic E-state index is -1.17. The van der Waals surface area contributed by atoms with E-state index >= 15 is 0 Å². The Morgan fingerprint density at radius 3 is 2.53 bits per heavy atom. The molecule has 0 fully saturated rings. The van der Waals surface area contributed by atoms with E-state index in [2.05, 4.69) is 9.78 Å². The van der Waals surface area contributed by atoms with Gasteiger partial charge in [-0.3, -0.25) is 0 Å². The zero-order valence-electron chi connectivity index (χ0n) is 8.00. The first-order chi connectivity index (χ1) is 7.25. The molecule has 5 heteroatoms. The van der Waals surface area contributed by atoms with Crippen molar-refractivity contribution >= 4 is 5.97 Å². The fourth-order valence-electron chi connectivity index (χ4n) is 1.02. The Morgan fingerprint density at radius 2 is 2.00 bits per heavy atom. The van der Waals surface area contributed by atoms with Crippen LogP contribution >= 0.6 is 0 Å². The molecule has 82 valence electrons. The summed E-state index contributed by atoms with van der Waals surface area (Å²) in [5, 5.41) is 17.3. The number of carbonyl (C=O) groups is 1. The summed E-state index contributed by atoms with van der Waals surface area (Å²) in [6, 6.07) is 8.44. The van der Waals surface area contributed by atoms with Crippen molar-refractivity contribution in [3.8, 4) is 0 Å². The van der Waals surface area contributed by atoms with Gasteiger partial charge in [0.25, 0.3) is 0 Å². The zero-order chi connectivity index (χ0) is 11.1. The number of aliphatic carboxylic acids is 1. The smallest absolute Gasteiger partial charge is 0.340 e. The van der Waals surface area contributed by atoms with Gasteiger partial charge in [0.2, 0.25) is 6.10 Å². The molecular formula is C10H12O5. The summed E-state index contributed by atoms with van der Waals surface area (Å²) in [5.74, 6) is -1.14. The van der Waals surface area contributed by atoms with Gasteiger partial charge in [0, 0.05) is 0 Å². The fraction of sp³-hybridized carbons (Fsp3) is 0.300. The molecule has 0 amide bonds. The molecule has 0 radical (unpaired) electrons. The van der Waals surface area contributed by atoms with Crippen LogP contribution in [0, 0.1) is 0 Å². The fourth-order valence-corrected chi connectivity index (χ4v) is 1.02. The van der Waals surface area contributed by atoms with Gasteiger partial charge in [-0.2, -0.15) is 0 Å². The van der Waals surface area contributed by atoms with E-state index in [0.29, 0.717) is 5.56 Å². The molecule has 1 aromatic rings. The number of rotatable bonds is 6. The van der Waals surface area contributed by atoms with E-state index in [0.717, 1.165) is 0 Å². The first-order valence-corrected chi connectivity index (χ1v) is 4.42. The van der Waals surface area contributed by atoms with Crippen molar-refractivity contribution in [3.05, 3.63) is 35.9 Å². The molecule has 0 aliphatic carbocycles. The molecular weight excluding hydrogens is 200 g/mol. The first kappa shape index (κ1) is 11.6. The van der Waals surface area contributed by atoms with E-state index in [4.69, 9.17) is 10.2 Å². The minimum Gasteiger partial charge on any atom is -0.479 e. The maximum Gasteiger partial charge on any atom is 0.340 e. The van der Waals surface area contributed by atoms with Crippen LogP contribution in [0.5, 0.6) is 0 Å². The average Bonchev–Trinajstić information content (AvgIpc) is 2.25. The molecule has 1 rings (SSSR count). The van der Waals surface area contributed by atoms with E-state index in [9.17, 15) is 4.79 Å². The number of benzene rings is 1. The van der Waals surface area contributed by atoms with Crippen molar-refractivity contribution in [2.45, 2.75) is 6.10 Å². The van der Waals surface area contributed by atoms with Gasteiger partial charge in [-0.1, -0.05) is 30.3 Å². The molecule has 0 aliphatic rings. The summed E-state index contributed by atoms with van der Waals surface area (Å²) in [5.41, 5.74) is 0.489. The maximum atomic E-state index is 10.8. The molecule has 0 spiro atoms. The van der Waals surface area contributed by atoms with E-state index in [1.54, 1.807) is 30.3 Å². The van der Waals surface area contributed by atoms with Gasteiger partial charge in [-0.15, -0.1) is 0 Å². The van der Waals surface area contributed by atoms with Crippen molar-refractivity contribution in [3.63, 3.8) is 0 Å². The quantitative estimate of drug-likeness (QED) is 0.413. The largest absolute Gasteiger partial charge is 0.479 e. The topological polar surface area (TPSA) is 76.0 Å². The van der Waals surface area contributed by atoms with E-state index in [1.807, 2.05) is 0 Å². The molecule has 15 heavy (non-hydrogen) atoms. The van der Waals surface area contributed by atoms with Gasteiger partial charge in [-0.05, 0) is 5.56 Å². The predicted molar refractivity (Wildman–Crippen MR) is 50.9 cm³/mol. The van der Waals surface area contributed by atoms with Crippen molar-refractivity contribution < 1.29 is 24.8 Å². The molecule has 1 unspecified atom stereocenters. The second-order valence-electron chi connectivity index (χ2n) is 2.77. The molecule has 1 aromatic carbocycles. The lowest BCUT2D eigenvalue weighted by atomic mass is 10.1. The van der Waals surface area contributed by atoms with Crippen LogP contribution in [0.4, 0.5) is 0 Å². The van der Waals surface area contributed by atoms with Crippen molar-refractivity contribution in [2.24, 2.45) is 0 Å². The van der Waals surface area contributed by atoms with Crippen LogP contribution in [-0.2, 0) is 14.6 Å². The second-order valence-corrected chi connectivity index (χ2v) is 2.77. The summed E-state index contributed by atoms with van der Waals surface area (Å²) >= 11 is 0. The average molecular weight is 212 g/mol. The Morgan fingerprint density at radius 1 is 1.33 bits per heavy atom. The van der Waals surface area contributed by atoms with Crippen LogP contribution in [-0.4, -0.2) is 29.4 Å². The van der Waals surface area contributed by atoms with Gasteiger partial charge in [0.1, 0.15) is 6.61 Å². The molecule has 1 atom stereocenters. The number of aliphatic hydroxyl groups excluding tert-OH is 1. The van der Waals surface area contributed by atoms with Crippen LogP contribution < -0.4 is 0 Å². The number of hydrogen-bond acceptors (Lipinski definition) is 4. The second kappa shape index (κ2) is 6.13. The Hall–Kier alpha value is -1.43. The van der Waals surface area contributed by atoms with Crippen LogP contribution in [0.25, 0.3) is 0 Å². The highest BCUT2D eigenvalue weighted by Gasteiger charge is 2.21. The van der Waals surface area contributed by atoms with Gasteiger partial charge in [0.15, 0.2) is 0 Å². The molecule has 0 saturated carbocycles. The summed E-state index contributed by atoms with van der Waals surface area (Å²) in [4.78, 5) is 20.0. The molecule has 0 aliphatic heterocycles. The van der Waals surface area contributed by atoms with Gasteiger partial charge >= 0.3 is 5.97 Å². The van der Waals surface area contributed by atoms with E-state index in [1.165, 1.54) is 0 Å². The van der Waals surface area contributed by atoms with Crippen LogP contribution in [0.3, 0.4) is 0 Å². The third kappa shape index (κ3) is 3.67. The lowest BCUT2D eigenvalue weighted by molar-refractivity contribution is -0.325. The zero-order valence-corrected chi connectivity index (χ0v) is 8.00. The first-order valence-electron chi connectivity index (χ1n) is 4.42. The monoisotopic (exact) mass is 212 g/mol. The number of carboxylic acid groups (broad SMARTS) is 1. The van der Waals surface area contributed by atoms with Crippen LogP contribution in [0.2, 0.25) is 0 Å². The minimum absolute atomic E-state index is 0.0589. The van der Waals surface area contributed by atoms with E-state index in [-0.39, 0.29) is 13.2 Å².